The number of aromatic nitrogens is 1. The van der Waals surface area contributed by atoms with Crippen LogP contribution in [-0.2, 0) is 5.41 Å². The monoisotopic (exact) mass is 319 g/mol. The van der Waals surface area contributed by atoms with E-state index < -0.39 is 0 Å². The molecule has 0 spiro atoms. The van der Waals surface area contributed by atoms with E-state index in [1.165, 1.54) is 0 Å². The van der Waals surface area contributed by atoms with Gasteiger partial charge in [-0.1, -0.05) is 57.2 Å². The zero-order chi connectivity index (χ0) is 17.2. The van der Waals surface area contributed by atoms with Crippen molar-refractivity contribution in [1.29, 1.82) is 0 Å². The molecule has 2 aromatic carbocycles. The van der Waals surface area contributed by atoms with Crippen LogP contribution < -0.4 is 10.6 Å². The minimum Gasteiger partial charge on any atom is -0.307 e. The largest absolute Gasteiger partial charge is 0.324 e. The van der Waals surface area contributed by atoms with Gasteiger partial charge in [-0.15, -0.1) is 0 Å². The molecule has 0 saturated carbocycles. The third kappa shape index (κ3) is 3.54. The Balaban J connectivity index is 1.78. The molecule has 0 aliphatic heterocycles. The molecular weight excluding hydrogens is 298 g/mol. The Morgan fingerprint density at radius 1 is 0.958 bits per heavy atom. The maximum atomic E-state index is 12.3. The normalized spacial score (nSPS) is 11.3. The highest BCUT2D eigenvalue weighted by Crippen LogP contribution is 2.25. The number of amides is 2. The van der Waals surface area contributed by atoms with Crippen LogP contribution in [0.2, 0.25) is 0 Å². The highest BCUT2D eigenvalue weighted by Gasteiger charge is 2.15. The van der Waals surface area contributed by atoms with Crippen LogP contribution in [0.25, 0.3) is 10.8 Å². The molecular formula is C20H21N3O. The third-order valence-corrected chi connectivity index (χ3v) is 3.91. The minimum absolute atomic E-state index is 0.00544. The molecule has 0 aliphatic rings. The van der Waals surface area contributed by atoms with Crippen molar-refractivity contribution in [3.63, 3.8) is 0 Å². The first-order valence-corrected chi connectivity index (χ1v) is 7.96. The number of pyridine rings is 1. The molecule has 122 valence electrons. The van der Waals surface area contributed by atoms with E-state index in [4.69, 9.17) is 0 Å². The number of urea groups is 1. The van der Waals surface area contributed by atoms with E-state index in [0.29, 0.717) is 5.82 Å². The smallest absolute Gasteiger partial charge is 0.307 e. The lowest BCUT2D eigenvalue weighted by molar-refractivity contribution is 0.262. The van der Waals surface area contributed by atoms with Gasteiger partial charge in [-0.3, -0.25) is 5.32 Å². The van der Waals surface area contributed by atoms with Crippen LogP contribution in [0, 0.1) is 0 Å². The molecule has 2 N–H and O–H groups in total. The van der Waals surface area contributed by atoms with Crippen LogP contribution in [0.15, 0.2) is 60.8 Å². The summed E-state index contributed by atoms with van der Waals surface area (Å²) in [6, 6.07) is 17.4. The zero-order valence-corrected chi connectivity index (χ0v) is 14.1. The Morgan fingerprint density at radius 3 is 2.50 bits per heavy atom. The predicted molar refractivity (Wildman–Crippen MR) is 99.5 cm³/mol. The number of hydrogen-bond acceptors (Lipinski definition) is 2. The molecule has 1 heterocycles. The molecule has 0 radical (unpaired) electrons. The van der Waals surface area contributed by atoms with Crippen molar-refractivity contribution in [2.24, 2.45) is 0 Å². The van der Waals surface area contributed by atoms with Crippen molar-refractivity contribution in [3.05, 3.63) is 66.4 Å². The summed E-state index contributed by atoms with van der Waals surface area (Å²) in [5.41, 5.74) is 1.90. The SMILES string of the molecule is CC(C)(C)c1ccnc(NC(=O)Nc2cccc3ccccc23)c1. The summed E-state index contributed by atoms with van der Waals surface area (Å²) in [6.45, 7) is 6.38. The van der Waals surface area contributed by atoms with Crippen molar-refractivity contribution in [2.45, 2.75) is 26.2 Å². The van der Waals surface area contributed by atoms with Crippen molar-refractivity contribution in [3.8, 4) is 0 Å². The summed E-state index contributed by atoms with van der Waals surface area (Å²) in [7, 11) is 0. The molecule has 4 nitrogen and oxygen atoms in total. The lowest BCUT2D eigenvalue weighted by atomic mass is 9.88. The van der Waals surface area contributed by atoms with E-state index in [1.54, 1.807) is 6.20 Å². The van der Waals surface area contributed by atoms with E-state index in [1.807, 2.05) is 54.6 Å². The Kier molecular flexibility index (Phi) is 4.21. The average molecular weight is 319 g/mol. The Hall–Kier alpha value is -2.88. The van der Waals surface area contributed by atoms with Gasteiger partial charge in [0, 0.05) is 11.6 Å². The lowest BCUT2D eigenvalue weighted by Gasteiger charge is -2.19. The molecule has 3 aromatic rings. The minimum atomic E-state index is -0.301. The van der Waals surface area contributed by atoms with Crippen LogP contribution in [0.5, 0.6) is 0 Å². The van der Waals surface area contributed by atoms with Gasteiger partial charge in [0.1, 0.15) is 5.82 Å². The first-order chi connectivity index (χ1) is 11.4. The van der Waals surface area contributed by atoms with Crippen molar-refractivity contribution < 1.29 is 4.79 Å². The highest BCUT2D eigenvalue weighted by molar-refractivity contribution is 6.05. The van der Waals surface area contributed by atoms with E-state index >= 15 is 0 Å². The van der Waals surface area contributed by atoms with E-state index in [2.05, 4.69) is 36.4 Å². The van der Waals surface area contributed by atoms with Crippen LogP contribution in [0.3, 0.4) is 0 Å². The van der Waals surface area contributed by atoms with E-state index in [9.17, 15) is 4.79 Å². The molecule has 0 atom stereocenters. The van der Waals surface area contributed by atoms with Gasteiger partial charge in [0.15, 0.2) is 0 Å². The van der Waals surface area contributed by atoms with E-state index in [-0.39, 0.29) is 11.4 Å². The maximum Gasteiger partial charge on any atom is 0.324 e. The number of nitrogens with zero attached hydrogens (tertiary/aromatic N) is 1. The number of benzene rings is 2. The van der Waals surface area contributed by atoms with Gasteiger partial charge < -0.3 is 5.32 Å². The number of rotatable bonds is 2. The van der Waals surface area contributed by atoms with Crippen LogP contribution in [0.1, 0.15) is 26.3 Å². The second kappa shape index (κ2) is 6.32. The summed E-state index contributed by atoms with van der Waals surface area (Å²) >= 11 is 0. The average Bonchev–Trinajstić information content (AvgIpc) is 2.54. The van der Waals surface area contributed by atoms with Gasteiger partial charge in [0.25, 0.3) is 0 Å². The summed E-state index contributed by atoms with van der Waals surface area (Å²) < 4.78 is 0. The van der Waals surface area contributed by atoms with Crippen LogP contribution in [0.4, 0.5) is 16.3 Å². The Labute approximate surface area is 141 Å². The standard InChI is InChI=1S/C20H21N3O/c1-20(2,3)15-11-12-21-18(13-15)23-19(24)22-17-10-6-8-14-7-4-5-9-16(14)17/h4-13H,1-3H3,(H2,21,22,23,24). The second-order valence-electron chi connectivity index (χ2n) is 6.79. The quantitative estimate of drug-likeness (QED) is 0.684. The topological polar surface area (TPSA) is 54.0 Å². The highest BCUT2D eigenvalue weighted by atomic mass is 16.2. The number of anilines is 2. The number of hydrogen-bond donors (Lipinski definition) is 2. The summed E-state index contributed by atoms with van der Waals surface area (Å²) in [5.74, 6) is 0.542. The maximum absolute atomic E-state index is 12.3. The van der Waals surface area contributed by atoms with Crippen molar-refractivity contribution in [2.75, 3.05) is 10.6 Å². The molecule has 0 aliphatic carbocycles. The molecule has 0 unspecified atom stereocenters. The third-order valence-electron chi connectivity index (χ3n) is 3.91. The van der Waals surface area contributed by atoms with Gasteiger partial charge in [-0.2, -0.15) is 0 Å². The molecule has 0 fully saturated rings. The fraction of sp³-hybridized carbons (Fsp3) is 0.200. The first kappa shape index (κ1) is 16.0. The fourth-order valence-electron chi connectivity index (χ4n) is 2.57. The predicted octanol–water partition coefficient (Wildman–Crippen LogP) is 5.18. The lowest BCUT2D eigenvalue weighted by Crippen LogP contribution is -2.21. The molecule has 2 amide bonds. The van der Waals surface area contributed by atoms with Gasteiger partial charge in [-0.05, 0) is 34.6 Å². The number of carbonyl (C=O) groups excluding carboxylic acids is 1. The molecule has 3 rings (SSSR count). The molecule has 4 heteroatoms. The van der Waals surface area contributed by atoms with Gasteiger partial charge in [0.2, 0.25) is 0 Å². The van der Waals surface area contributed by atoms with E-state index in [0.717, 1.165) is 22.0 Å². The first-order valence-electron chi connectivity index (χ1n) is 7.96. The van der Waals surface area contributed by atoms with Gasteiger partial charge >= 0.3 is 6.03 Å². The van der Waals surface area contributed by atoms with Gasteiger partial charge in [-0.25, -0.2) is 9.78 Å². The summed E-state index contributed by atoms with van der Waals surface area (Å²) in [5, 5.41) is 7.80. The molecule has 24 heavy (non-hydrogen) atoms. The van der Waals surface area contributed by atoms with Gasteiger partial charge in [0.05, 0.1) is 5.69 Å². The van der Waals surface area contributed by atoms with Crippen molar-refractivity contribution in [1.82, 2.24) is 4.98 Å². The summed E-state index contributed by atoms with van der Waals surface area (Å²) in [4.78, 5) is 16.5. The number of fused-ring (bicyclic) bond motifs is 1. The number of nitrogens with one attached hydrogen (secondary N) is 2. The molecule has 0 bridgehead atoms. The van der Waals surface area contributed by atoms with Crippen LogP contribution >= 0.6 is 0 Å². The summed E-state index contributed by atoms with van der Waals surface area (Å²) in [6.07, 6.45) is 1.72. The van der Waals surface area contributed by atoms with Crippen LogP contribution in [-0.4, -0.2) is 11.0 Å². The molecule has 1 aromatic heterocycles. The zero-order valence-electron chi connectivity index (χ0n) is 14.1. The second-order valence-corrected chi connectivity index (χ2v) is 6.79. The number of carbonyl (C=O) groups is 1. The Bertz CT molecular complexity index is 876. The molecule has 0 saturated heterocycles. The van der Waals surface area contributed by atoms with Crippen molar-refractivity contribution >= 4 is 28.3 Å². The fourth-order valence-corrected chi connectivity index (χ4v) is 2.57. The Morgan fingerprint density at radius 2 is 1.71 bits per heavy atom.